The molecule has 0 spiro atoms. The third-order valence-corrected chi connectivity index (χ3v) is 4.07. The van der Waals surface area contributed by atoms with Crippen molar-refractivity contribution in [3.8, 4) is 0 Å². The third-order valence-electron chi connectivity index (χ3n) is 2.55. The molecule has 0 aliphatic carbocycles. The van der Waals surface area contributed by atoms with Crippen molar-refractivity contribution in [1.82, 2.24) is 9.62 Å². The van der Waals surface area contributed by atoms with Crippen molar-refractivity contribution in [2.24, 2.45) is 5.84 Å². The van der Waals surface area contributed by atoms with Gasteiger partial charge in [-0.25, -0.2) is 13.1 Å². The largest absolute Gasteiger partial charge is 0.379 e. The highest BCUT2D eigenvalue weighted by Gasteiger charge is 2.16. The average molecular weight is 302 g/mol. The number of hydrogen-bond acceptors (Lipinski definition) is 6. The Labute approximate surface area is 120 Å². The lowest BCUT2D eigenvalue weighted by atomic mass is 10.3. The van der Waals surface area contributed by atoms with Gasteiger partial charge in [-0.15, -0.1) is 0 Å². The molecule has 8 heteroatoms. The lowest BCUT2D eigenvalue weighted by molar-refractivity contribution is 0.122. The second-order valence-electron chi connectivity index (χ2n) is 4.45. The van der Waals surface area contributed by atoms with Crippen molar-refractivity contribution in [2.45, 2.75) is 4.90 Å². The quantitative estimate of drug-likeness (QED) is 0.333. The number of nitrogens with one attached hydrogen (secondary N) is 2. The summed E-state index contributed by atoms with van der Waals surface area (Å²) < 4.78 is 32.0. The number of nitrogen functional groups attached to an aromatic ring is 1. The Morgan fingerprint density at radius 1 is 1.25 bits per heavy atom. The van der Waals surface area contributed by atoms with Crippen LogP contribution in [0.25, 0.3) is 0 Å². The number of benzene rings is 1. The topological polar surface area (TPSA) is 96.7 Å². The minimum absolute atomic E-state index is 0.121. The molecule has 1 rings (SSSR count). The van der Waals surface area contributed by atoms with Gasteiger partial charge in [-0.2, -0.15) is 0 Å². The van der Waals surface area contributed by atoms with E-state index in [1.54, 1.807) is 18.2 Å². The Bertz CT molecular complexity index is 505. The summed E-state index contributed by atoms with van der Waals surface area (Å²) in [5, 5.41) is 0. The van der Waals surface area contributed by atoms with E-state index in [2.05, 4.69) is 10.1 Å². The first-order valence-electron chi connectivity index (χ1n) is 6.25. The van der Waals surface area contributed by atoms with Gasteiger partial charge in [0.25, 0.3) is 0 Å². The van der Waals surface area contributed by atoms with Gasteiger partial charge in [-0.3, -0.25) is 5.84 Å². The van der Waals surface area contributed by atoms with E-state index < -0.39 is 10.0 Å². The molecule has 0 saturated heterocycles. The molecule has 0 radical (unpaired) electrons. The zero-order valence-corrected chi connectivity index (χ0v) is 12.6. The molecule has 7 nitrogen and oxygen atoms in total. The van der Waals surface area contributed by atoms with Gasteiger partial charge in [-0.1, -0.05) is 12.1 Å². The van der Waals surface area contributed by atoms with E-state index in [0.717, 1.165) is 6.54 Å². The highest BCUT2D eigenvalue weighted by atomic mass is 32.2. The smallest absolute Gasteiger partial charge is 0.242 e. The van der Waals surface area contributed by atoms with Crippen LogP contribution in [-0.4, -0.2) is 53.7 Å². The van der Waals surface area contributed by atoms with Gasteiger partial charge >= 0.3 is 0 Å². The van der Waals surface area contributed by atoms with Crippen LogP contribution in [0, 0.1) is 0 Å². The molecule has 0 saturated carbocycles. The summed E-state index contributed by atoms with van der Waals surface area (Å²) in [4.78, 5) is 2.11. The highest BCUT2D eigenvalue weighted by Crippen LogP contribution is 2.18. The van der Waals surface area contributed by atoms with E-state index in [1.807, 2.05) is 19.0 Å². The molecular weight excluding hydrogens is 280 g/mol. The van der Waals surface area contributed by atoms with Crippen LogP contribution in [-0.2, 0) is 14.8 Å². The number of para-hydroxylation sites is 1. The SMILES string of the molecule is CN(C)CCOCCNS(=O)(=O)c1ccccc1NN. The molecule has 4 N–H and O–H groups in total. The maximum atomic E-state index is 12.1. The lowest BCUT2D eigenvalue weighted by Gasteiger charge is -2.12. The molecular formula is C12H22N4O3S. The number of nitrogens with zero attached hydrogens (tertiary/aromatic N) is 1. The first-order valence-corrected chi connectivity index (χ1v) is 7.73. The van der Waals surface area contributed by atoms with E-state index in [4.69, 9.17) is 10.6 Å². The van der Waals surface area contributed by atoms with Crippen LogP contribution in [0.4, 0.5) is 5.69 Å². The van der Waals surface area contributed by atoms with Crippen molar-refractivity contribution in [3.05, 3.63) is 24.3 Å². The van der Waals surface area contributed by atoms with Crippen LogP contribution in [0.5, 0.6) is 0 Å². The van der Waals surface area contributed by atoms with Crippen LogP contribution >= 0.6 is 0 Å². The van der Waals surface area contributed by atoms with E-state index in [0.29, 0.717) is 18.9 Å². The second kappa shape index (κ2) is 8.18. The van der Waals surface area contributed by atoms with Crippen molar-refractivity contribution in [3.63, 3.8) is 0 Å². The van der Waals surface area contributed by atoms with E-state index >= 15 is 0 Å². The summed E-state index contributed by atoms with van der Waals surface area (Å²) in [5.41, 5.74) is 2.72. The fourth-order valence-corrected chi connectivity index (χ4v) is 2.68. The van der Waals surface area contributed by atoms with Gasteiger partial charge in [-0.05, 0) is 26.2 Å². The molecule has 0 aromatic heterocycles. The molecule has 0 atom stereocenters. The highest BCUT2D eigenvalue weighted by molar-refractivity contribution is 7.89. The zero-order chi connectivity index (χ0) is 15.0. The van der Waals surface area contributed by atoms with Crippen LogP contribution < -0.4 is 16.0 Å². The zero-order valence-electron chi connectivity index (χ0n) is 11.8. The maximum Gasteiger partial charge on any atom is 0.242 e. The van der Waals surface area contributed by atoms with Gasteiger partial charge in [0.2, 0.25) is 10.0 Å². The Hall–Kier alpha value is -1.19. The first-order chi connectivity index (χ1) is 9.47. The molecule has 0 amide bonds. The van der Waals surface area contributed by atoms with Crippen molar-refractivity contribution >= 4 is 15.7 Å². The lowest BCUT2D eigenvalue weighted by Crippen LogP contribution is -2.29. The third kappa shape index (κ3) is 5.43. The normalized spacial score (nSPS) is 11.8. The molecule has 0 aliphatic heterocycles. The summed E-state index contributed by atoms with van der Waals surface area (Å²) in [7, 11) is 0.305. The average Bonchev–Trinajstić information content (AvgIpc) is 2.42. The van der Waals surface area contributed by atoms with Crippen molar-refractivity contribution in [2.75, 3.05) is 45.8 Å². The predicted octanol–water partition coefficient (Wildman–Crippen LogP) is -0.171. The molecule has 0 heterocycles. The summed E-state index contributed by atoms with van der Waals surface area (Å²) in [6.45, 7) is 1.91. The second-order valence-corrected chi connectivity index (χ2v) is 6.19. The van der Waals surface area contributed by atoms with E-state index in [1.165, 1.54) is 6.07 Å². The predicted molar refractivity (Wildman–Crippen MR) is 78.8 cm³/mol. The van der Waals surface area contributed by atoms with E-state index in [-0.39, 0.29) is 11.4 Å². The fraction of sp³-hybridized carbons (Fsp3) is 0.500. The number of nitrogens with two attached hydrogens (primary N) is 1. The van der Waals surface area contributed by atoms with Gasteiger partial charge in [0.1, 0.15) is 4.90 Å². The molecule has 0 aliphatic rings. The monoisotopic (exact) mass is 302 g/mol. The summed E-state index contributed by atoms with van der Waals surface area (Å²) >= 11 is 0. The minimum Gasteiger partial charge on any atom is -0.379 e. The fourth-order valence-electron chi connectivity index (χ4n) is 1.50. The van der Waals surface area contributed by atoms with Crippen molar-refractivity contribution in [1.29, 1.82) is 0 Å². The molecule has 1 aromatic rings. The number of ether oxygens (including phenoxy) is 1. The van der Waals surface area contributed by atoms with E-state index in [9.17, 15) is 8.42 Å². The van der Waals surface area contributed by atoms with Gasteiger partial charge in [0.05, 0.1) is 18.9 Å². The van der Waals surface area contributed by atoms with Gasteiger partial charge in [0.15, 0.2) is 0 Å². The number of likely N-dealkylation sites (N-methyl/N-ethyl adjacent to an activating group) is 1. The number of anilines is 1. The molecule has 1 aromatic carbocycles. The van der Waals surface area contributed by atoms with Gasteiger partial charge in [0, 0.05) is 13.1 Å². The maximum absolute atomic E-state index is 12.1. The Morgan fingerprint density at radius 3 is 2.60 bits per heavy atom. The molecule has 0 unspecified atom stereocenters. The van der Waals surface area contributed by atoms with Crippen LogP contribution in [0.2, 0.25) is 0 Å². The Balaban J connectivity index is 2.46. The summed E-state index contributed by atoms with van der Waals surface area (Å²) in [5.74, 6) is 5.30. The van der Waals surface area contributed by atoms with Crippen LogP contribution in [0.15, 0.2) is 29.2 Å². The summed E-state index contributed by atoms with van der Waals surface area (Å²) in [6.07, 6.45) is 0. The number of rotatable bonds is 9. The molecule has 0 bridgehead atoms. The van der Waals surface area contributed by atoms with Crippen molar-refractivity contribution < 1.29 is 13.2 Å². The van der Waals surface area contributed by atoms with Crippen LogP contribution in [0.1, 0.15) is 0 Å². The Morgan fingerprint density at radius 2 is 1.95 bits per heavy atom. The Kier molecular flexibility index (Phi) is 6.89. The summed E-state index contributed by atoms with van der Waals surface area (Å²) in [6, 6.07) is 6.44. The molecule has 20 heavy (non-hydrogen) atoms. The standard InChI is InChI=1S/C12H22N4O3S/c1-16(2)8-10-19-9-7-14-20(17,18)12-6-4-3-5-11(12)15-13/h3-6,14-15H,7-10,13H2,1-2H3. The minimum atomic E-state index is -3.59. The molecule has 114 valence electrons. The first kappa shape index (κ1) is 16.9. The van der Waals surface area contributed by atoms with Gasteiger partial charge < -0.3 is 15.1 Å². The van der Waals surface area contributed by atoms with Crippen LogP contribution in [0.3, 0.4) is 0 Å². The number of sulfonamides is 1. The number of hydrogen-bond donors (Lipinski definition) is 3. The number of hydrazine groups is 1. The molecule has 0 fully saturated rings.